The molecule has 0 aliphatic carbocycles. The number of nitrogens with zero attached hydrogens (tertiary/aromatic N) is 2. The fraction of sp³-hybridized carbons (Fsp3) is 0.133. The molecule has 1 amide bonds. The van der Waals surface area contributed by atoms with E-state index in [9.17, 15) is 4.79 Å². The first-order valence-corrected chi connectivity index (χ1v) is 8.95. The van der Waals surface area contributed by atoms with Crippen LogP contribution >= 0.6 is 34.7 Å². The average Bonchev–Trinajstić information content (AvgIpc) is 3.20. The minimum atomic E-state index is -0.349. The number of amides is 1. The summed E-state index contributed by atoms with van der Waals surface area (Å²) in [5.74, 6) is 0.562. The van der Waals surface area contributed by atoms with Gasteiger partial charge in [-0.05, 0) is 30.5 Å². The van der Waals surface area contributed by atoms with Crippen LogP contribution in [0.15, 0.2) is 46.9 Å². The molecule has 0 aliphatic rings. The first kappa shape index (κ1) is 16.0. The third-order valence-electron chi connectivity index (χ3n) is 3.00. The average molecular weight is 365 g/mol. The van der Waals surface area contributed by atoms with Crippen LogP contribution < -0.4 is 5.32 Å². The van der Waals surface area contributed by atoms with Gasteiger partial charge in [-0.3, -0.25) is 9.89 Å². The predicted molar refractivity (Wildman–Crippen MR) is 95.1 cm³/mol. The molecule has 0 fully saturated rings. The van der Waals surface area contributed by atoms with Gasteiger partial charge in [0, 0.05) is 0 Å². The van der Waals surface area contributed by atoms with Crippen LogP contribution in [-0.2, 0) is 4.79 Å². The Kier molecular flexibility index (Phi) is 5.00. The molecule has 1 unspecified atom stereocenters. The fourth-order valence-electron chi connectivity index (χ4n) is 1.83. The molecule has 2 heterocycles. The van der Waals surface area contributed by atoms with Crippen LogP contribution in [0.25, 0.3) is 10.7 Å². The number of hydrogen-bond donors (Lipinski definition) is 2. The summed E-state index contributed by atoms with van der Waals surface area (Å²) < 4.78 is 0. The Bertz CT molecular complexity index is 803. The number of aromatic nitrogens is 3. The van der Waals surface area contributed by atoms with E-state index in [2.05, 4.69) is 20.5 Å². The lowest BCUT2D eigenvalue weighted by molar-refractivity contribution is -0.115. The Morgan fingerprint density at radius 2 is 2.17 bits per heavy atom. The van der Waals surface area contributed by atoms with Gasteiger partial charge in [0.1, 0.15) is 0 Å². The zero-order chi connectivity index (χ0) is 16.2. The fourth-order valence-corrected chi connectivity index (χ4v) is 3.40. The summed E-state index contributed by atoms with van der Waals surface area (Å²) in [5.41, 5.74) is 0.598. The van der Waals surface area contributed by atoms with Crippen molar-refractivity contribution in [2.75, 3.05) is 5.32 Å². The normalized spacial score (nSPS) is 12.1. The second-order valence-corrected chi connectivity index (χ2v) is 7.34. The molecule has 2 N–H and O–H groups in total. The molecule has 0 aliphatic heterocycles. The largest absolute Gasteiger partial charge is 0.324 e. The number of aromatic amines is 1. The number of thioether (sulfide) groups is 1. The van der Waals surface area contributed by atoms with Crippen LogP contribution in [0, 0.1) is 0 Å². The summed E-state index contributed by atoms with van der Waals surface area (Å²) in [6.45, 7) is 1.80. The Balaban J connectivity index is 1.64. The molecular weight excluding hydrogens is 352 g/mol. The maximum absolute atomic E-state index is 12.3. The van der Waals surface area contributed by atoms with Crippen molar-refractivity contribution in [1.82, 2.24) is 15.2 Å². The molecule has 5 nitrogen and oxygen atoms in total. The van der Waals surface area contributed by atoms with E-state index in [0.29, 0.717) is 21.7 Å². The highest BCUT2D eigenvalue weighted by molar-refractivity contribution is 8.00. The van der Waals surface area contributed by atoms with E-state index >= 15 is 0 Å². The van der Waals surface area contributed by atoms with Gasteiger partial charge in [0.2, 0.25) is 11.1 Å². The summed E-state index contributed by atoms with van der Waals surface area (Å²) in [6, 6.07) is 11.1. The third kappa shape index (κ3) is 3.93. The third-order valence-corrected chi connectivity index (χ3v) is 5.17. The number of rotatable bonds is 5. The van der Waals surface area contributed by atoms with E-state index in [0.717, 1.165) is 4.88 Å². The topological polar surface area (TPSA) is 70.7 Å². The zero-order valence-corrected chi connectivity index (χ0v) is 14.5. The number of carbonyl (C=O) groups is 1. The molecule has 0 saturated carbocycles. The van der Waals surface area contributed by atoms with Crippen LogP contribution in [0.1, 0.15) is 6.92 Å². The molecule has 0 bridgehead atoms. The minimum Gasteiger partial charge on any atom is -0.324 e. The molecule has 0 saturated heterocycles. The lowest BCUT2D eigenvalue weighted by Gasteiger charge is -2.11. The van der Waals surface area contributed by atoms with Crippen molar-refractivity contribution in [2.24, 2.45) is 0 Å². The van der Waals surface area contributed by atoms with Crippen LogP contribution in [-0.4, -0.2) is 26.3 Å². The van der Waals surface area contributed by atoms with Crippen molar-refractivity contribution in [1.29, 1.82) is 0 Å². The van der Waals surface area contributed by atoms with Gasteiger partial charge in [0.25, 0.3) is 0 Å². The minimum absolute atomic E-state index is 0.148. The first-order chi connectivity index (χ1) is 11.1. The van der Waals surface area contributed by atoms with Gasteiger partial charge in [-0.15, -0.1) is 16.4 Å². The van der Waals surface area contributed by atoms with Gasteiger partial charge < -0.3 is 5.32 Å². The summed E-state index contributed by atoms with van der Waals surface area (Å²) in [4.78, 5) is 17.7. The molecule has 0 spiro atoms. The van der Waals surface area contributed by atoms with Crippen LogP contribution in [0.3, 0.4) is 0 Å². The first-order valence-electron chi connectivity index (χ1n) is 6.82. The van der Waals surface area contributed by atoms with Crippen molar-refractivity contribution in [3.8, 4) is 10.7 Å². The van der Waals surface area contributed by atoms with Gasteiger partial charge >= 0.3 is 0 Å². The summed E-state index contributed by atoms with van der Waals surface area (Å²) >= 11 is 8.92. The standard InChI is InChI=1S/C15H13ClN4OS2/c1-9(14(21)17-11-6-3-2-5-10(11)16)23-15-18-13(19-20-15)12-7-4-8-22-12/h2-9H,1H3,(H,17,21)(H,18,19,20). The summed E-state index contributed by atoms with van der Waals surface area (Å²) in [7, 11) is 0. The van der Waals surface area contributed by atoms with Crippen molar-refractivity contribution in [3.63, 3.8) is 0 Å². The summed E-state index contributed by atoms with van der Waals surface area (Å²) in [5, 5.41) is 12.5. The molecule has 118 valence electrons. The lowest BCUT2D eigenvalue weighted by Crippen LogP contribution is -2.22. The van der Waals surface area contributed by atoms with Crippen molar-refractivity contribution >= 4 is 46.3 Å². The van der Waals surface area contributed by atoms with Crippen LogP contribution in [0.5, 0.6) is 0 Å². The number of anilines is 1. The van der Waals surface area contributed by atoms with E-state index in [1.807, 2.05) is 29.6 Å². The number of nitrogens with one attached hydrogen (secondary N) is 2. The van der Waals surface area contributed by atoms with Crippen molar-refractivity contribution in [2.45, 2.75) is 17.3 Å². The highest BCUT2D eigenvalue weighted by Crippen LogP contribution is 2.26. The molecule has 0 radical (unpaired) electrons. The van der Waals surface area contributed by atoms with E-state index in [-0.39, 0.29) is 11.2 Å². The Morgan fingerprint density at radius 1 is 1.35 bits per heavy atom. The predicted octanol–water partition coefficient (Wildman–Crippen LogP) is 4.31. The number of para-hydroxylation sites is 1. The van der Waals surface area contributed by atoms with E-state index < -0.39 is 0 Å². The Hall–Kier alpha value is -1.83. The molecule has 1 aromatic carbocycles. The number of benzene rings is 1. The number of thiophene rings is 1. The highest BCUT2D eigenvalue weighted by atomic mass is 35.5. The molecule has 1 atom stereocenters. The van der Waals surface area contributed by atoms with Gasteiger partial charge in [-0.2, -0.15) is 0 Å². The molecule has 23 heavy (non-hydrogen) atoms. The monoisotopic (exact) mass is 364 g/mol. The maximum Gasteiger partial charge on any atom is 0.237 e. The quantitative estimate of drug-likeness (QED) is 0.662. The van der Waals surface area contributed by atoms with Gasteiger partial charge in [0.05, 0.1) is 20.8 Å². The maximum atomic E-state index is 12.3. The molecule has 2 aromatic heterocycles. The molecule has 3 aromatic rings. The molecular formula is C15H13ClN4OS2. The molecule has 8 heteroatoms. The number of halogens is 1. The van der Waals surface area contributed by atoms with E-state index in [4.69, 9.17) is 11.6 Å². The Morgan fingerprint density at radius 3 is 2.91 bits per heavy atom. The van der Waals surface area contributed by atoms with Crippen molar-refractivity contribution < 1.29 is 4.79 Å². The van der Waals surface area contributed by atoms with E-state index in [1.165, 1.54) is 11.8 Å². The van der Waals surface area contributed by atoms with Gasteiger partial charge in [-0.25, -0.2) is 4.98 Å². The zero-order valence-electron chi connectivity index (χ0n) is 12.1. The molecule has 3 rings (SSSR count). The van der Waals surface area contributed by atoms with Crippen LogP contribution in [0.4, 0.5) is 5.69 Å². The van der Waals surface area contributed by atoms with Gasteiger partial charge in [-0.1, -0.05) is 41.6 Å². The second-order valence-electron chi connectivity index (χ2n) is 4.67. The highest BCUT2D eigenvalue weighted by Gasteiger charge is 2.18. The second kappa shape index (κ2) is 7.16. The van der Waals surface area contributed by atoms with Gasteiger partial charge in [0.15, 0.2) is 5.82 Å². The SMILES string of the molecule is CC(Sc1n[nH]c(-c2cccs2)n1)C(=O)Nc1ccccc1Cl. The van der Waals surface area contributed by atoms with Crippen LogP contribution in [0.2, 0.25) is 5.02 Å². The summed E-state index contributed by atoms with van der Waals surface area (Å²) in [6.07, 6.45) is 0. The number of carbonyl (C=O) groups excluding carboxylic acids is 1. The number of hydrogen-bond acceptors (Lipinski definition) is 5. The number of H-pyrrole nitrogens is 1. The van der Waals surface area contributed by atoms with Crippen molar-refractivity contribution in [3.05, 3.63) is 46.8 Å². The smallest absolute Gasteiger partial charge is 0.237 e. The lowest BCUT2D eigenvalue weighted by atomic mass is 10.3. The van der Waals surface area contributed by atoms with E-state index in [1.54, 1.807) is 30.4 Å². The Labute approximate surface area is 146 Å².